The Balaban J connectivity index is 1.99. The highest BCUT2D eigenvalue weighted by Gasteiger charge is 2.13. The van der Waals surface area contributed by atoms with E-state index in [0.29, 0.717) is 28.6 Å². The van der Waals surface area contributed by atoms with Crippen LogP contribution in [0.1, 0.15) is 12.0 Å². The molecule has 0 aliphatic carbocycles. The van der Waals surface area contributed by atoms with E-state index in [1.54, 1.807) is 30.3 Å². The Kier molecular flexibility index (Phi) is 6.43. The number of benzene rings is 2. The van der Waals surface area contributed by atoms with Gasteiger partial charge >= 0.3 is 0 Å². The lowest BCUT2D eigenvalue weighted by atomic mass is 10.2. The molecule has 0 saturated carbocycles. The van der Waals surface area contributed by atoms with Gasteiger partial charge in [0.2, 0.25) is 11.8 Å². The van der Waals surface area contributed by atoms with Crippen LogP contribution in [0.5, 0.6) is 17.2 Å². The smallest absolute Gasteiger partial charge is 0.233 e. The fraction of sp³-hybridized carbons (Fsp3) is 0.263. The van der Waals surface area contributed by atoms with Crippen molar-refractivity contribution in [3.8, 4) is 17.2 Å². The van der Waals surface area contributed by atoms with E-state index < -0.39 is 11.8 Å². The van der Waals surface area contributed by atoms with Crippen molar-refractivity contribution in [3.05, 3.63) is 42.0 Å². The molecular weight excluding hydrogens is 336 g/mol. The summed E-state index contributed by atoms with van der Waals surface area (Å²) >= 11 is 0. The van der Waals surface area contributed by atoms with Crippen LogP contribution in [0.15, 0.2) is 36.4 Å². The maximum absolute atomic E-state index is 12.1. The van der Waals surface area contributed by atoms with Gasteiger partial charge in [0.15, 0.2) is 11.5 Å². The maximum atomic E-state index is 12.1. The zero-order chi connectivity index (χ0) is 19.1. The summed E-state index contributed by atoms with van der Waals surface area (Å²) in [4.78, 5) is 24.3. The highest BCUT2D eigenvalue weighted by Crippen LogP contribution is 2.30. The number of amides is 2. The molecule has 0 radical (unpaired) electrons. The average Bonchev–Trinajstić information content (AvgIpc) is 2.61. The highest BCUT2D eigenvalue weighted by atomic mass is 16.5. The lowest BCUT2D eigenvalue weighted by Crippen LogP contribution is -2.21. The number of carbonyl (C=O) groups is 2. The van der Waals surface area contributed by atoms with E-state index in [1.807, 2.05) is 13.0 Å². The Morgan fingerprint density at radius 2 is 1.42 bits per heavy atom. The first-order valence-corrected chi connectivity index (χ1v) is 7.93. The molecule has 2 N–H and O–H groups in total. The summed E-state index contributed by atoms with van der Waals surface area (Å²) in [6, 6.07) is 10.4. The van der Waals surface area contributed by atoms with Gasteiger partial charge in [-0.3, -0.25) is 9.59 Å². The number of nitrogens with one attached hydrogen (secondary N) is 2. The number of hydrogen-bond donors (Lipinski definition) is 2. The molecule has 0 unspecified atom stereocenters. The van der Waals surface area contributed by atoms with Gasteiger partial charge in [0.1, 0.15) is 12.2 Å². The summed E-state index contributed by atoms with van der Waals surface area (Å²) in [6.07, 6.45) is -0.328. The van der Waals surface area contributed by atoms with Crippen LogP contribution in [0, 0.1) is 6.92 Å². The van der Waals surface area contributed by atoms with Crippen LogP contribution in [0.2, 0.25) is 0 Å². The van der Waals surface area contributed by atoms with E-state index in [-0.39, 0.29) is 6.42 Å². The van der Waals surface area contributed by atoms with E-state index in [9.17, 15) is 9.59 Å². The molecule has 2 aromatic carbocycles. The van der Waals surface area contributed by atoms with Gasteiger partial charge in [0.25, 0.3) is 0 Å². The van der Waals surface area contributed by atoms with Gasteiger partial charge in [0.05, 0.1) is 27.0 Å². The molecular formula is C19H22N2O5. The van der Waals surface area contributed by atoms with Crippen LogP contribution < -0.4 is 24.8 Å². The van der Waals surface area contributed by atoms with Gasteiger partial charge in [-0.25, -0.2) is 0 Å². The minimum Gasteiger partial charge on any atom is -0.495 e. The Bertz CT molecular complexity index is 805. The molecule has 0 bridgehead atoms. The quantitative estimate of drug-likeness (QED) is 0.743. The number of ether oxygens (including phenoxy) is 3. The van der Waals surface area contributed by atoms with Gasteiger partial charge in [-0.15, -0.1) is 0 Å². The molecule has 2 rings (SSSR count). The third kappa shape index (κ3) is 4.89. The van der Waals surface area contributed by atoms with Crippen LogP contribution in [-0.4, -0.2) is 33.1 Å². The van der Waals surface area contributed by atoms with Gasteiger partial charge in [0, 0.05) is 11.8 Å². The summed E-state index contributed by atoms with van der Waals surface area (Å²) in [5.41, 5.74) is 2.00. The maximum Gasteiger partial charge on any atom is 0.233 e. The first-order chi connectivity index (χ1) is 12.5. The molecule has 7 heteroatoms. The Hall–Kier alpha value is -3.22. The number of anilines is 2. The molecule has 2 amide bonds. The molecule has 0 aliphatic heterocycles. The van der Waals surface area contributed by atoms with Crippen molar-refractivity contribution in [1.82, 2.24) is 0 Å². The van der Waals surface area contributed by atoms with Crippen molar-refractivity contribution >= 4 is 23.2 Å². The average molecular weight is 358 g/mol. The van der Waals surface area contributed by atoms with Crippen molar-refractivity contribution in [1.29, 1.82) is 0 Å². The van der Waals surface area contributed by atoms with E-state index in [1.165, 1.54) is 21.3 Å². The third-order valence-electron chi connectivity index (χ3n) is 3.62. The third-order valence-corrected chi connectivity index (χ3v) is 3.62. The SMILES string of the molecule is COc1ccc(C)cc1NC(=O)CC(=O)Nc1ccc(OC)c(OC)c1. The predicted octanol–water partition coefficient (Wildman–Crippen LogP) is 2.99. The highest BCUT2D eigenvalue weighted by molar-refractivity contribution is 6.08. The fourth-order valence-electron chi connectivity index (χ4n) is 2.38. The van der Waals surface area contributed by atoms with E-state index >= 15 is 0 Å². The molecule has 0 saturated heterocycles. The molecule has 7 nitrogen and oxygen atoms in total. The van der Waals surface area contributed by atoms with Gasteiger partial charge in [-0.2, -0.15) is 0 Å². The fourth-order valence-corrected chi connectivity index (χ4v) is 2.38. The summed E-state index contributed by atoms with van der Waals surface area (Å²) < 4.78 is 15.5. The molecule has 0 aliphatic rings. The Labute approximate surface area is 152 Å². The van der Waals surface area contributed by atoms with Crippen molar-refractivity contribution < 1.29 is 23.8 Å². The first kappa shape index (κ1) is 19.1. The molecule has 138 valence electrons. The Morgan fingerprint density at radius 1 is 0.808 bits per heavy atom. The molecule has 2 aromatic rings. The van der Waals surface area contributed by atoms with Crippen molar-refractivity contribution in [2.45, 2.75) is 13.3 Å². The molecule has 0 heterocycles. The van der Waals surface area contributed by atoms with E-state index in [0.717, 1.165) is 5.56 Å². The second-order valence-electron chi connectivity index (χ2n) is 5.55. The predicted molar refractivity (Wildman–Crippen MR) is 99.2 cm³/mol. The standard InChI is InChI=1S/C19H22N2O5/c1-12-5-7-15(24-2)14(9-12)21-19(23)11-18(22)20-13-6-8-16(25-3)17(10-13)26-4/h5-10H,11H2,1-4H3,(H,20,22)(H,21,23). The second-order valence-corrected chi connectivity index (χ2v) is 5.55. The topological polar surface area (TPSA) is 85.9 Å². The molecule has 0 fully saturated rings. The summed E-state index contributed by atoms with van der Waals surface area (Å²) in [5, 5.41) is 5.35. The number of rotatable bonds is 7. The lowest BCUT2D eigenvalue weighted by molar-refractivity contribution is -0.123. The summed E-state index contributed by atoms with van der Waals surface area (Å²) in [6.45, 7) is 1.90. The molecule has 0 aromatic heterocycles. The first-order valence-electron chi connectivity index (χ1n) is 7.93. The summed E-state index contributed by atoms with van der Waals surface area (Å²) in [5.74, 6) is 0.687. The zero-order valence-corrected chi connectivity index (χ0v) is 15.2. The van der Waals surface area contributed by atoms with Crippen LogP contribution in [0.4, 0.5) is 11.4 Å². The van der Waals surface area contributed by atoms with Crippen LogP contribution in [-0.2, 0) is 9.59 Å². The molecule has 0 atom stereocenters. The Morgan fingerprint density at radius 3 is 2.08 bits per heavy atom. The number of methoxy groups -OCH3 is 3. The van der Waals surface area contributed by atoms with Crippen molar-refractivity contribution in [2.24, 2.45) is 0 Å². The molecule has 0 spiro atoms. The summed E-state index contributed by atoms with van der Waals surface area (Å²) in [7, 11) is 4.55. The number of aryl methyl sites for hydroxylation is 1. The largest absolute Gasteiger partial charge is 0.495 e. The minimum atomic E-state index is -0.443. The second kappa shape index (κ2) is 8.75. The van der Waals surface area contributed by atoms with E-state index in [4.69, 9.17) is 14.2 Å². The monoisotopic (exact) mass is 358 g/mol. The minimum absolute atomic E-state index is 0.328. The van der Waals surface area contributed by atoms with Gasteiger partial charge in [-0.05, 0) is 36.8 Å². The van der Waals surface area contributed by atoms with Crippen LogP contribution in [0.25, 0.3) is 0 Å². The number of hydrogen-bond acceptors (Lipinski definition) is 5. The molecule has 26 heavy (non-hydrogen) atoms. The zero-order valence-electron chi connectivity index (χ0n) is 15.2. The van der Waals surface area contributed by atoms with Crippen molar-refractivity contribution in [3.63, 3.8) is 0 Å². The van der Waals surface area contributed by atoms with E-state index in [2.05, 4.69) is 10.6 Å². The normalized spacial score (nSPS) is 10.0. The van der Waals surface area contributed by atoms with Gasteiger partial charge in [-0.1, -0.05) is 6.07 Å². The van der Waals surface area contributed by atoms with Crippen LogP contribution >= 0.6 is 0 Å². The van der Waals surface area contributed by atoms with Crippen molar-refractivity contribution in [2.75, 3.05) is 32.0 Å². The lowest BCUT2D eigenvalue weighted by Gasteiger charge is -2.12. The van der Waals surface area contributed by atoms with Gasteiger partial charge < -0.3 is 24.8 Å². The van der Waals surface area contributed by atoms with Crippen LogP contribution in [0.3, 0.4) is 0 Å². The number of carbonyl (C=O) groups excluding carboxylic acids is 2.